The van der Waals surface area contributed by atoms with Gasteiger partial charge in [0.1, 0.15) is 0 Å². The van der Waals surface area contributed by atoms with E-state index in [0.717, 1.165) is 5.69 Å². The van der Waals surface area contributed by atoms with E-state index in [9.17, 15) is 14.4 Å². The first-order valence-electron chi connectivity index (χ1n) is 8.93. The van der Waals surface area contributed by atoms with Crippen LogP contribution in [0.5, 0.6) is 0 Å². The highest BCUT2D eigenvalue weighted by Gasteiger charge is 2.09. The minimum absolute atomic E-state index is 0.000502. The van der Waals surface area contributed by atoms with Gasteiger partial charge in [-0.25, -0.2) is 0 Å². The highest BCUT2D eigenvalue weighted by molar-refractivity contribution is 6.05. The Hall–Kier alpha value is -4.00. The SMILES string of the molecule is CC(=O)Nc1cccc(NC(=O)c2cncc(Nc3ccc(C(C)=O)cc3)c2)c1. The van der Waals surface area contributed by atoms with Crippen LogP contribution in [0.15, 0.2) is 67.0 Å². The largest absolute Gasteiger partial charge is 0.354 e. The summed E-state index contributed by atoms with van der Waals surface area (Å²) < 4.78 is 0. The standard InChI is InChI=1S/C22H20N4O3/c1-14(27)16-6-8-18(9-7-16)25-21-10-17(12-23-13-21)22(29)26-20-5-3-4-19(11-20)24-15(2)28/h3-13,25H,1-2H3,(H,24,28)(H,26,29). The van der Waals surface area contributed by atoms with E-state index in [0.29, 0.717) is 28.2 Å². The topological polar surface area (TPSA) is 100 Å². The Morgan fingerprint density at radius 3 is 2.07 bits per heavy atom. The second kappa shape index (κ2) is 8.79. The summed E-state index contributed by atoms with van der Waals surface area (Å²) >= 11 is 0. The van der Waals surface area contributed by atoms with Gasteiger partial charge in [0.25, 0.3) is 5.91 Å². The number of Topliss-reactive ketones (excluding diaryl/α,β-unsaturated/α-hetero) is 1. The van der Waals surface area contributed by atoms with Crippen LogP contribution in [0.3, 0.4) is 0 Å². The molecule has 0 atom stereocenters. The predicted octanol–water partition coefficient (Wildman–Crippen LogP) is 4.24. The van der Waals surface area contributed by atoms with Crippen molar-refractivity contribution < 1.29 is 14.4 Å². The molecule has 0 fully saturated rings. The van der Waals surface area contributed by atoms with Gasteiger partial charge in [0, 0.05) is 35.7 Å². The molecule has 7 heteroatoms. The first-order chi connectivity index (χ1) is 13.9. The minimum atomic E-state index is -0.326. The minimum Gasteiger partial charge on any atom is -0.354 e. The highest BCUT2D eigenvalue weighted by Crippen LogP contribution is 2.19. The number of carbonyl (C=O) groups is 3. The number of benzene rings is 2. The Kier molecular flexibility index (Phi) is 5.99. The first kappa shape index (κ1) is 19.8. The number of anilines is 4. The lowest BCUT2D eigenvalue weighted by Gasteiger charge is -2.10. The number of amides is 2. The van der Waals surface area contributed by atoms with Gasteiger partial charge in [-0.3, -0.25) is 19.4 Å². The molecule has 3 rings (SSSR count). The molecule has 0 aliphatic carbocycles. The number of rotatable bonds is 6. The van der Waals surface area contributed by atoms with Crippen LogP contribution in [0.2, 0.25) is 0 Å². The van der Waals surface area contributed by atoms with Gasteiger partial charge >= 0.3 is 0 Å². The molecule has 146 valence electrons. The molecule has 2 amide bonds. The van der Waals surface area contributed by atoms with Gasteiger partial charge in [0.05, 0.1) is 17.4 Å². The van der Waals surface area contributed by atoms with E-state index in [2.05, 4.69) is 20.9 Å². The number of nitrogens with one attached hydrogen (secondary N) is 3. The van der Waals surface area contributed by atoms with E-state index >= 15 is 0 Å². The Morgan fingerprint density at radius 2 is 1.41 bits per heavy atom. The number of carbonyl (C=O) groups excluding carboxylic acids is 3. The first-order valence-corrected chi connectivity index (χ1v) is 8.93. The fraction of sp³-hybridized carbons (Fsp3) is 0.0909. The van der Waals surface area contributed by atoms with E-state index in [1.807, 2.05) is 0 Å². The molecular weight excluding hydrogens is 368 g/mol. The molecule has 1 heterocycles. The quantitative estimate of drug-likeness (QED) is 0.549. The Balaban J connectivity index is 1.71. The average Bonchev–Trinajstić information content (AvgIpc) is 2.68. The molecule has 0 aliphatic rings. The molecule has 0 aliphatic heterocycles. The van der Waals surface area contributed by atoms with Crippen molar-refractivity contribution in [1.29, 1.82) is 0 Å². The molecular formula is C22H20N4O3. The zero-order chi connectivity index (χ0) is 20.8. The molecule has 0 bridgehead atoms. The fourth-order valence-electron chi connectivity index (χ4n) is 2.67. The van der Waals surface area contributed by atoms with Crippen molar-refractivity contribution in [2.45, 2.75) is 13.8 Å². The Bertz CT molecular complexity index is 1060. The average molecular weight is 388 g/mol. The van der Waals surface area contributed by atoms with Crippen LogP contribution in [0.1, 0.15) is 34.6 Å². The third-order valence-corrected chi connectivity index (χ3v) is 4.02. The van der Waals surface area contributed by atoms with Crippen LogP contribution in [-0.2, 0) is 4.79 Å². The lowest BCUT2D eigenvalue weighted by atomic mass is 10.1. The summed E-state index contributed by atoms with van der Waals surface area (Å²) in [5.74, 6) is -0.514. The lowest BCUT2D eigenvalue weighted by Crippen LogP contribution is -2.13. The van der Waals surface area contributed by atoms with E-state index in [4.69, 9.17) is 0 Å². The Morgan fingerprint density at radius 1 is 0.724 bits per heavy atom. The predicted molar refractivity (Wildman–Crippen MR) is 113 cm³/mol. The molecule has 0 radical (unpaired) electrons. The van der Waals surface area contributed by atoms with Crippen LogP contribution >= 0.6 is 0 Å². The molecule has 0 saturated carbocycles. The lowest BCUT2D eigenvalue weighted by molar-refractivity contribution is -0.114. The van der Waals surface area contributed by atoms with Crippen molar-refractivity contribution in [3.8, 4) is 0 Å². The van der Waals surface area contributed by atoms with Gasteiger partial charge in [0.15, 0.2) is 5.78 Å². The zero-order valence-electron chi connectivity index (χ0n) is 16.0. The summed E-state index contributed by atoms with van der Waals surface area (Å²) in [5, 5.41) is 8.62. The highest BCUT2D eigenvalue weighted by atomic mass is 16.2. The fourth-order valence-corrected chi connectivity index (χ4v) is 2.67. The summed E-state index contributed by atoms with van der Waals surface area (Å²) in [7, 11) is 0. The normalized spacial score (nSPS) is 10.1. The Labute approximate surface area is 168 Å². The van der Waals surface area contributed by atoms with Crippen molar-refractivity contribution in [2.24, 2.45) is 0 Å². The number of nitrogens with zero attached hydrogens (tertiary/aromatic N) is 1. The van der Waals surface area contributed by atoms with Crippen LogP contribution in [0.25, 0.3) is 0 Å². The molecule has 29 heavy (non-hydrogen) atoms. The van der Waals surface area contributed by atoms with Gasteiger partial charge in [-0.1, -0.05) is 6.07 Å². The van der Waals surface area contributed by atoms with E-state index in [-0.39, 0.29) is 17.6 Å². The molecule has 0 spiro atoms. The summed E-state index contributed by atoms with van der Waals surface area (Å²) in [6, 6.07) is 15.6. The van der Waals surface area contributed by atoms with Crippen LogP contribution < -0.4 is 16.0 Å². The third-order valence-electron chi connectivity index (χ3n) is 4.02. The smallest absolute Gasteiger partial charge is 0.257 e. The number of pyridine rings is 1. The molecule has 0 saturated heterocycles. The van der Waals surface area contributed by atoms with Gasteiger partial charge in [0.2, 0.25) is 5.91 Å². The summed E-state index contributed by atoms with van der Waals surface area (Å²) in [4.78, 5) is 39.2. The molecule has 2 aromatic carbocycles. The second-order valence-corrected chi connectivity index (χ2v) is 6.44. The maximum Gasteiger partial charge on any atom is 0.257 e. The van der Waals surface area contributed by atoms with E-state index < -0.39 is 0 Å². The number of hydrogen-bond donors (Lipinski definition) is 3. The monoisotopic (exact) mass is 388 g/mol. The molecule has 0 unspecified atom stereocenters. The zero-order valence-corrected chi connectivity index (χ0v) is 16.0. The molecule has 1 aromatic heterocycles. The van der Waals surface area contributed by atoms with Gasteiger partial charge in [-0.15, -0.1) is 0 Å². The van der Waals surface area contributed by atoms with E-state index in [1.54, 1.807) is 60.8 Å². The van der Waals surface area contributed by atoms with E-state index in [1.165, 1.54) is 20.0 Å². The molecule has 3 N–H and O–H groups in total. The maximum atomic E-state index is 12.6. The third kappa shape index (κ3) is 5.49. The van der Waals surface area contributed by atoms with Crippen molar-refractivity contribution in [3.05, 3.63) is 78.1 Å². The summed E-state index contributed by atoms with van der Waals surface area (Å²) in [6.45, 7) is 2.93. The van der Waals surface area contributed by atoms with Crippen molar-refractivity contribution in [3.63, 3.8) is 0 Å². The molecule has 7 nitrogen and oxygen atoms in total. The van der Waals surface area contributed by atoms with Crippen molar-refractivity contribution in [1.82, 2.24) is 4.98 Å². The number of ketones is 1. The van der Waals surface area contributed by atoms with Crippen molar-refractivity contribution >= 4 is 40.3 Å². The van der Waals surface area contributed by atoms with Crippen LogP contribution in [0.4, 0.5) is 22.7 Å². The summed E-state index contributed by atoms with van der Waals surface area (Å²) in [6.07, 6.45) is 3.07. The van der Waals surface area contributed by atoms with Gasteiger partial charge < -0.3 is 16.0 Å². The van der Waals surface area contributed by atoms with Gasteiger partial charge in [-0.05, 0) is 55.5 Å². The summed E-state index contributed by atoms with van der Waals surface area (Å²) in [5.41, 5.74) is 3.57. The van der Waals surface area contributed by atoms with Crippen molar-refractivity contribution in [2.75, 3.05) is 16.0 Å². The van der Waals surface area contributed by atoms with Crippen LogP contribution in [0, 0.1) is 0 Å². The number of hydrogen-bond acceptors (Lipinski definition) is 5. The number of aromatic nitrogens is 1. The second-order valence-electron chi connectivity index (χ2n) is 6.44. The molecule has 3 aromatic rings. The van der Waals surface area contributed by atoms with Crippen LogP contribution in [-0.4, -0.2) is 22.6 Å². The maximum absolute atomic E-state index is 12.6. The van der Waals surface area contributed by atoms with Gasteiger partial charge in [-0.2, -0.15) is 0 Å².